The molecule has 5 N–H and O–H groups in total. The summed E-state index contributed by atoms with van der Waals surface area (Å²) < 4.78 is 10.6. The Morgan fingerprint density at radius 1 is 1.13 bits per heavy atom. The Morgan fingerprint density at radius 2 is 1.74 bits per heavy atom. The lowest BCUT2D eigenvalue weighted by molar-refractivity contribution is -0.121. The third-order valence-electron chi connectivity index (χ3n) is 2.91. The maximum absolute atomic E-state index is 12.3. The van der Waals surface area contributed by atoms with E-state index in [0.29, 0.717) is 46.1 Å². The van der Waals surface area contributed by atoms with Crippen molar-refractivity contribution in [2.75, 3.05) is 46.1 Å². The van der Waals surface area contributed by atoms with Gasteiger partial charge in [-0.15, -0.1) is 0 Å². The predicted octanol–water partition coefficient (Wildman–Crippen LogP) is 1.24. The predicted molar refractivity (Wildman–Crippen MR) is 101 cm³/mol. The summed E-state index contributed by atoms with van der Waals surface area (Å²) in [4.78, 5) is 12.3. The smallest absolute Gasteiger partial charge is 0.234 e. The van der Waals surface area contributed by atoms with E-state index in [0.717, 1.165) is 0 Å². The average molecular weight is 368 g/mol. The van der Waals surface area contributed by atoms with E-state index in [1.807, 2.05) is 0 Å². The number of hydrogen-bond acceptors (Lipinski definition) is 7. The van der Waals surface area contributed by atoms with Gasteiger partial charge in [0.25, 0.3) is 0 Å². The maximum atomic E-state index is 12.3. The normalized spacial score (nSPS) is 13.3. The van der Waals surface area contributed by atoms with Gasteiger partial charge in [0, 0.05) is 24.4 Å². The van der Waals surface area contributed by atoms with Crippen LogP contribution in [-0.2, 0) is 14.3 Å². The van der Waals surface area contributed by atoms with Crippen LogP contribution in [0, 0.1) is 5.92 Å². The Bertz CT molecular complexity index is 318. The van der Waals surface area contributed by atoms with E-state index >= 15 is 0 Å². The number of rotatable bonds is 14. The van der Waals surface area contributed by atoms with E-state index in [1.165, 1.54) is 0 Å². The first-order chi connectivity index (χ1) is 10.8. The molecule has 23 heavy (non-hydrogen) atoms. The van der Waals surface area contributed by atoms with Gasteiger partial charge in [0.2, 0.25) is 5.91 Å². The summed E-state index contributed by atoms with van der Waals surface area (Å²) in [6, 6.07) is 0. The average Bonchev–Trinajstić information content (AvgIpc) is 2.49. The summed E-state index contributed by atoms with van der Waals surface area (Å²) in [5.74, 6) is 0.306. The zero-order valence-electron chi connectivity index (χ0n) is 14.8. The lowest BCUT2D eigenvalue weighted by atomic mass is 10.1. The van der Waals surface area contributed by atoms with Crippen LogP contribution in [0.2, 0.25) is 0 Å². The molecule has 0 saturated heterocycles. The molecular formula is C15H33N3O3S2. The number of carbonyl (C=O) groups excluding carboxylic acids is 1. The number of ether oxygens (including phenoxy) is 2. The quantitative estimate of drug-likeness (QED) is 0.314. The van der Waals surface area contributed by atoms with E-state index in [4.69, 9.17) is 20.9 Å². The Labute approximate surface area is 148 Å². The number of nitrogens with two attached hydrogens (primary N) is 2. The fraction of sp³-hybridized carbons (Fsp3) is 0.933. The van der Waals surface area contributed by atoms with Crippen LogP contribution in [0.1, 0.15) is 27.7 Å². The van der Waals surface area contributed by atoms with Crippen molar-refractivity contribution >= 4 is 27.5 Å². The Balaban J connectivity index is 3.94. The van der Waals surface area contributed by atoms with Crippen LogP contribution in [-0.4, -0.2) is 62.0 Å². The van der Waals surface area contributed by atoms with Crippen molar-refractivity contribution < 1.29 is 14.3 Å². The van der Waals surface area contributed by atoms with Crippen molar-refractivity contribution in [3.05, 3.63) is 0 Å². The SMILES string of the molecule is CC(C)C(SSC(C)(C)CN)C(=O)NCCOCCOCCN. The molecule has 0 aliphatic heterocycles. The van der Waals surface area contributed by atoms with E-state index in [9.17, 15) is 4.79 Å². The fourth-order valence-electron chi connectivity index (χ4n) is 1.43. The molecule has 0 aromatic heterocycles. The van der Waals surface area contributed by atoms with Gasteiger partial charge in [-0.3, -0.25) is 4.79 Å². The molecule has 1 amide bonds. The molecule has 0 saturated carbocycles. The molecule has 0 aromatic rings. The minimum atomic E-state index is -0.0984. The molecule has 0 bridgehead atoms. The van der Waals surface area contributed by atoms with Crippen LogP contribution in [0.25, 0.3) is 0 Å². The summed E-state index contributed by atoms with van der Waals surface area (Å²) in [6.07, 6.45) is 0. The lowest BCUT2D eigenvalue weighted by Gasteiger charge is -2.25. The van der Waals surface area contributed by atoms with Crippen LogP contribution in [0.15, 0.2) is 0 Å². The van der Waals surface area contributed by atoms with E-state index < -0.39 is 0 Å². The van der Waals surface area contributed by atoms with Crippen LogP contribution >= 0.6 is 21.6 Å². The summed E-state index contributed by atoms with van der Waals surface area (Å²) in [5.41, 5.74) is 11.0. The molecule has 0 radical (unpaired) electrons. The van der Waals surface area contributed by atoms with Crippen LogP contribution < -0.4 is 16.8 Å². The minimum absolute atomic E-state index is 0.0370. The second-order valence-electron chi connectivity index (χ2n) is 6.11. The highest BCUT2D eigenvalue weighted by Gasteiger charge is 2.26. The van der Waals surface area contributed by atoms with Gasteiger partial charge < -0.3 is 26.3 Å². The topological polar surface area (TPSA) is 99.6 Å². The maximum Gasteiger partial charge on any atom is 0.234 e. The first-order valence-electron chi connectivity index (χ1n) is 8.02. The van der Waals surface area contributed by atoms with Crippen LogP contribution in [0.4, 0.5) is 0 Å². The van der Waals surface area contributed by atoms with Gasteiger partial charge in [-0.2, -0.15) is 0 Å². The fourth-order valence-corrected chi connectivity index (χ4v) is 4.48. The number of carbonyl (C=O) groups is 1. The summed E-state index contributed by atoms with van der Waals surface area (Å²) in [7, 11) is 3.27. The van der Waals surface area contributed by atoms with Gasteiger partial charge in [-0.25, -0.2) is 0 Å². The minimum Gasteiger partial charge on any atom is -0.378 e. The largest absolute Gasteiger partial charge is 0.378 e. The molecule has 0 aromatic carbocycles. The highest BCUT2D eigenvalue weighted by molar-refractivity contribution is 8.77. The van der Waals surface area contributed by atoms with Gasteiger partial charge in [0.15, 0.2) is 0 Å². The van der Waals surface area contributed by atoms with Gasteiger partial charge in [-0.05, 0) is 19.8 Å². The van der Waals surface area contributed by atoms with E-state index in [-0.39, 0.29) is 21.8 Å². The Morgan fingerprint density at radius 3 is 2.26 bits per heavy atom. The Kier molecular flexibility index (Phi) is 13.3. The van der Waals surface area contributed by atoms with Crippen molar-refractivity contribution in [1.29, 1.82) is 0 Å². The van der Waals surface area contributed by atoms with Crippen LogP contribution in [0.3, 0.4) is 0 Å². The van der Waals surface area contributed by atoms with Crippen molar-refractivity contribution in [3.63, 3.8) is 0 Å². The summed E-state index contributed by atoms with van der Waals surface area (Å²) in [5, 5.41) is 2.83. The molecule has 6 nitrogen and oxygen atoms in total. The lowest BCUT2D eigenvalue weighted by Crippen LogP contribution is -2.38. The molecule has 1 atom stereocenters. The van der Waals surface area contributed by atoms with Gasteiger partial charge in [0.1, 0.15) is 0 Å². The van der Waals surface area contributed by atoms with Crippen LogP contribution in [0.5, 0.6) is 0 Å². The van der Waals surface area contributed by atoms with Crippen molar-refractivity contribution in [2.45, 2.75) is 37.7 Å². The van der Waals surface area contributed by atoms with Gasteiger partial charge in [-0.1, -0.05) is 35.4 Å². The third kappa shape index (κ3) is 12.1. The van der Waals surface area contributed by atoms with E-state index in [1.54, 1.807) is 21.6 Å². The molecule has 8 heteroatoms. The van der Waals surface area contributed by atoms with E-state index in [2.05, 4.69) is 33.0 Å². The number of nitrogens with one attached hydrogen (secondary N) is 1. The molecule has 0 heterocycles. The molecule has 0 aliphatic carbocycles. The number of amides is 1. The molecule has 138 valence electrons. The summed E-state index contributed by atoms with van der Waals surface area (Å²) in [6.45, 7) is 11.9. The molecule has 0 spiro atoms. The molecule has 0 fully saturated rings. The van der Waals surface area contributed by atoms with Gasteiger partial charge in [0.05, 0.1) is 31.7 Å². The number of hydrogen-bond donors (Lipinski definition) is 3. The molecule has 0 aliphatic rings. The van der Waals surface area contributed by atoms with Crippen molar-refractivity contribution in [2.24, 2.45) is 17.4 Å². The first kappa shape index (κ1) is 23.0. The molecule has 1 unspecified atom stereocenters. The highest BCUT2D eigenvalue weighted by atomic mass is 33.1. The zero-order chi connectivity index (χ0) is 17.7. The van der Waals surface area contributed by atoms with Crippen molar-refractivity contribution in [3.8, 4) is 0 Å². The second-order valence-corrected chi connectivity index (χ2v) is 9.16. The van der Waals surface area contributed by atoms with Crippen molar-refractivity contribution in [1.82, 2.24) is 5.32 Å². The summed E-state index contributed by atoms with van der Waals surface area (Å²) >= 11 is 0. The first-order valence-corrected chi connectivity index (χ1v) is 10.2. The second kappa shape index (κ2) is 13.3. The monoisotopic (exact) mass is 367 g/mol. The highest BCUT2D eigenvalue weighted by Crippen LogP contribution is 2.40. The standard InChI is InChI=1S/C15H33N3O3S2/c1-12(2)13(22-23-15(3,4)11-17)14(19)18-6-8-21-10-9-20-7-5-16/h12-13H,5-11,16-17H2,1-4H3,(H,18,19). The molecular weight excluding hydrogens is 334 g/mol. The van der Waals surface area contributed by atoms with Gasteiger partial charge >= 0.3 is 0 Å². The zero-order valence-corrected chi connectivity index (χ0v) is 16.4. The Hall–Kier alpha value is 0.01000. The molecule has 0 rings (SSSR count). The third-order valence-corrected chi connectivity index (χ3v) is 6.86.